The SMILES string of the molecule is COCCN(CCCc1ccccc1)CC(=O)N1CCN(S(=O)(=O)c2ccc(F)cc2)CC1. The van der Waals surface area contributed by atoms with Crippen molar-refractivity contribution in [2.75, 3.05) is 59.5 Å². The van der Waals surface area contributed by atoms with Gasteiger partial charge < -0.3 is 9.64 Å². The highest BCUT2D eigenvalue weighted by atomic mass is 32.2. The highest BCUT2D eigenvalue weighted by Crippen LogP contribution is 2.18. The van der Waals surface area contributed by atoms with Crippen molar-refractivity contribution in [3.63, 3.8) is 0 Å². The Morgan fingerprint density at radius 1 is 1.00 bits per heavy atom. The maximum absolute atomic E-state index is 13.1. The van der Waals surface area contributed by atoms with Crippen LogP contribution in [0.25, 0.3) is 0 Å². The number of amides is 1. The minimum atomic E-state index is -3.70. The molecule has 0 aliphatic carbocycles. The molecule has 0 N–H and O–H groups in total. The largest absolute Gasteiger partial charge is 0.383 e. The molecule has 180 valence electrons. The van der Waals surface area contributed by atoms with Crippen LogP contribution in [0.3, 0.4) is 0 Å². The van der Waals surface area contributed by atoms with Crippen molar-refractivity contribution < 1.29 is 22.3 Å². The summed E-state index contributed by atoms with van der Waals surface area (Å²) in [6, 6.07) is 15.1. The van der Waals surface area contributed by atoms with E-state index in [0.717, 1.165) is 31.5 Å². The van der Waals surface area contributed by atoms with Crippen LogP contribution in [0.1, 0.15) is 12.0 Å². The van der Waals surface area contributed by atoms with Gasteiger partial charge in [0.15, 0.2) is 0 Å². The number of ether oxygens (including phenoxy) is 1. The van der Waals surface area contributed by atoms with Crippen molar-refractivity contribution in [2.24, 2.45) is 0 Å². The van der Waals surface area contributed by atoms with Gasteiger partial charge in [-0.25, -0.2) is 12.8 Å². The number of nitrogens with zero attached hydrogens (tertiary/aromatic N) is 3. The second kappa shape index (κ2) is 12.2. The summed E-state index contributed by atoms with van der Waals surface area (Å²) >= 11 is 0. The normalized spacial score (nSPS) is 15.2. The number of halogens is 1. The number of carbonyl (C=O) groups excluding carboxylic acids is 1. The third-order valence-electron chi connectivity index (χ3n) is 5.80. The van der Waals surface area contributed by atoms with E-state index in [1.807, 2.05) is 18.2 Å². The maximum atomic E-state index is 13.1. The fourth-order valence-corrected chi connectivity index (χ4v) is 5.29. The summed E-state index contributed by atoms with van der Waals surface area (Å²) in [5.41, 5.74) is 1.27. The van der Waals surface area contributed by atoms with Crippen LogP contribution in [0.15, 0.2) is 59.5 Å². The molecule has 2 aromatic rings. The van der Waals surface area contributed by atoms with Crippen LogP contribution in [-0.2, 0) is 26.0 Å². The molecule has 0 radical (unpaired) electrons. The summed E-state index contributed by atoms with van der Waals surface area (Å²) in [4.78, 5) is 16.8. The average Bonchev–Trinajstić information content (AvgIpc) is 2.83. The maximum Gasteiger partial charge on any atom is 0.243 e. The highest BCUT2D eigenvalue weighted by molar-refractivity contribution is 7.89. The number of rotatable bonds is 11. The fourth-order valence-electron chi connectivity index (χ4n) is 3.87. The minimum absolute atomic E-state index is 0.00959. The van der Waals surface area contributed by atoms with E-state index in [-0.39, 0.29) is 30.4 Å². The number of hydrogen-bond donors (Lipinski definition) is 0. The van der Waals surface area contributed by atoms with E-state index in [1.54, 1.807) is 12.0 Å². The Morgan fingerprint density at radius 2 is 1.67 bits per heavy atom. The Bertz CT molecular complexity index is 979. The molecule has 1 aliphatic rings. The molecule has 33 heavy (non-hydrogen) atoms. The first kappa shape index (κ1) is 25.3. The Morgan fingerprint density at radius 3 is 2.30 bits per heavy atom. The topological polar surface area (TPSA) is 70.2 Å². The molecule has 2 aromatic carbocycles. The van der Waals surface area contributed by atoms with Crippen LogP contribution in [0, 0.1) is 5.82 Å². The van der Waals surface area contributed by atoms with Crippen LogP contribution in [0.2, 0.25) is 0 Å². The third kappa shape index (κ3) is 7.33. The number of hydrogen-bond acceptors (Lipinski definition) is 5. The highest BCUT2D eigenvalue weighted by Gasteiger charge is 2.30. The minimum Gasteiger partial charge on any atom is -0.383 e. The van der Waals surface area contributed by atoms with Crippen LogP contribution in [-0.4, -0.2) is 88.0 Å². The van der Waals surface area contributed by atoms with E-state index in [1.165, 1.54) is 22.0 Å². The van der Waals surface area contributed by atoms with Gasteiger partial charge in [-0.3, -0.25) is 9.69 Å². The van der Waals surface area contributed by atoms with Crippen LogP contribution < -0.4 is 0 Å². The van der Waals surface area contributed by atoms with Crippen molar-refractivity contribution in [3.8, 4) is 0 Å². The van der Waals surface area contributed by atoms with Crippen LogP contribution in [0.5, 0.6) is 0 Å². The molecule has 1 fully saturated rings. The molecule has 1 saturated heterocycles. The summed E-state index contributed by atoms with van der Waals surface area (Å²) in [7, 11) is -2.06. The van der Waals surface area contributed by atoms with Gasteiger partial charge in [0.1, 0.15) is 5.82 Å². The van der Waals surface area contributed by atoms with Gasteiger partial charge >= 0.3 is 0 Å². The van der Waals surface area contributed by atoms with Gasteiger partial charge in [0.2, 0.25) is 15.9 Å². The van der Waals surface area contributed by atoms with E-state index in [9.17, 15) is 17.6 Å². The predicted octanol–water partition coefficient (Wildman–Crippen LogP) is 2.24. The van der Waals surface area contributed by atoms with E-state index < -0.39 is 15.8 Å². The van der Waals surface area contributed by atoms with Gasteiger partial charge in [-0.1, -0.05) is 30.3 Å². The Balaban J connectivity index is 1.50. The van der Waals surface area contributed by atoms with Crippen molar-refractivity contribution >= 4 is 15.9 Å². The lowest BCUT2D eigenvalue weighted by atomic mass is 10.1. The average molecular weight is 478 g/mol. The molecular weight excluding hydrogens is 445 g/mol. The molecule has 1 amide bonds. The van der Waals surface area contributed by atoms with E-state index in [4.69, 9.17) is 4.74 Å². The summed E-state index contributed by atoms with van der Waals surface area (Å²) in [5.74, 6) is -0.490. The zero-order valence-electron chi connectivity index (χ0n) is 19.0. The van der Waals surface area contributed by atoms with E-state index >= 15 is 0 Å². The van der Waals surface area contributed by atoms with Crippen molar-refractivity contribution in [3.05, 3.63) is 66.0 Å². The molecular formula is C24H32FN3O4S. The summed E-state index contributed by atoms with van der Waals surface area (Å²) in [6.07, 6.45) is 1.88. The second-order valence-corrected chi connectivity index (χ2v) is 10.0. The van der Waals surface area contributed by atoms with Crippen molar-refractivity contribution in [1.29, 1.82) is 0 Å². The van der Waals surface area contributed by atoms with Crippen molar-refractivity contribution in [2.45, 2.75) is 17.7 Å². The second-order valence-electron chi connectivity index (χ2n) is 8.10. The lowest BCUT2D eigenvalue weighted by Gasteiger charge is -2.35. The van der Waals surface area contributed by atoms with Gasteiger partial charge in [0.05, 0.1) is 18.0 Å². The molecule has 0 unspecified atom stereocenters. The first-order chi connectivity index (χ1) is 15.9. The lowest BCUT2D eigenvalue weighted by Crippen LogP contribution is -2.52. The molecule has 1 aliphatic heterocycles. The zero-order chi connectivity index (χ0) is 23.7. The van der Waals surface area contributed by atoms with Crippen LogP contribution >= 0.6 is 0 Å². The molecule has 9 heteroatoms. The first-order valence-electron chi connectivity index (χ1n) is 11.2. The third-order valence-corrected chi connectivity index (χ3v) is 7.71. The monoisotopic (exact) mass is 477 g/mol. The first-order valence-corrected chi connectivity index (χ1v) is 12.6. The predicted molar refractivity (Wildman–Crippen MR) is 125 cm³/mol. The van der Waals surface area contributed by atoms with Gasteiger partial charge in [0.25, 0.3) is 0 Å². The van der Waals surface area contributed by atoms with Gasteiger partial charge in [0, 0.05) is 39.8 Å². The summed E-state index contributed by atoms with van der Waals surface area (Å²) < 4.78 is 45.3. The van der Waals surface area contributed by atoms with E-state index in [2.05, 4.69) is 17.0 Å². The number of benzene rings is 2. The Hall–Kier alpha value is -2.33. The Kier molecular flexibility index (Phi) is 9.37. The lowest BCUT2D eigenvalue weighted by molar-refractivity contribution is -0.133. The molecule has 7 nitrogen and oxygen atoms in total. The quantitative estimate of drug-likeness (QED) is 0.497. The van der Waals surface area contributed by atoms with Gasteiger partial charge in [-0.15, -0.1) is 0 Å². The van der Waals surface area contributed by atoms with Gasteiger partial charge in [-0.2, -0.15) is 4.31 Å². The zero-order valence-corrected chi connectivity index (χ0v) is 19.8. The molecule has 0 spiro atoms. The van der Waals surface area contributed by atoms with E-state index in [0.29, 0.717) is 26.2 Å². The fraction of sp³-hybridized carbons (Fsp3) is 0.458. The molecule has 0 atom stereocenters. The Labute approximate surface area is 195 Å². The molecule has 3 rings (SSSR count). The standard InChI is InChI=1S/C24H32FN3O4S/c1-32-19-18-26(13-5-8-21-6-3-2-4-7-21)20-24(29)27-14-16-28(17-15-27)33(30,31)23-11-9-22(25)10-12-23/h2-4,6-7,9-12H,5,8,13-20H2,1H3. The number of aryl methyl sites for hydroxylation is 1. The number of piperazine rings is 1. The summed E-state index contributed by atoms with van der Waals surface area (Å²) in [5, 5.41) is 0. The summed E-state index contributed by atoms with van der Waals surface area (Å²) in [6.45, 7) is 3.38. The molecule has 0 saturated carbocycles. The molecule has 0 aromatic heterocycles. The smallest absolute Gasteiger partial charge is 0.243 e. The molecule has 0 bridgehead atoms. The van der Waals surface area contributed by atoms with Crippen molar-refractivity contribution in [1.82, 2.24) is 14.1 Å². The number of methoxy groups -OCH3 is 1. The molecule has 1 heterocycles. The van der Waals surface area contributed by atoms with Gasteiger partial charge in [-0.05, 0) is 49.2 Å². The van der Waals surface area contributed by atoms with Crippen LogP contribution in [0.4, 0.5) is 4.39 Å². The number of carbonyl (C=O) groups is 1. The number of sulfonamides is 1.